The van der Waals surface area contributed by atoms with Crippen LogP contribution in [0, 0.1) is 11.3 Å². The molecule has 2 aromatic rings. The molecule has 0 atom stereocenters. The summed E-state index contributed by atoms with van der Waals surface area (Å²) in [4.78, 5) is 23.9. The molecule has 0 aliphatic rings. The van der Waals surface area contributed by atoms with Crippen molar-refractivity contribution in [3.63, 3.8) is 0 Å². The Morgan fingerprint density at radius 2 is 1.89 bits per heavy atom. The molecule has 0 bridgehead atoms. The van der Waals surface area contributed by atoms with Gasteiger partial charge in [-0.05, 0) is 49.2 Å². The van der Waals surface area contributed by atoms with Gasteiger partial charge >= 0.3 is 5.97 Å². The molecule has 0 aliphatic carbocycles. The van der Waals surface area contributed by atoms with Gasteiger partial charge in [-0.2, -0.15) is 5.26 Å². The van der Waals surface area contributed by atoms with Crippen molar-refractivity contribution in [3.05, 3.63) is 75.9 Å². The summed E-state index contributed by atoms with van der Waals surface area (Å²) in [6.45, 7) is 2.60. The van der Waals surface area contributed by atoms with E-state index in [1.54, 1.807) is 31.2 Å². The Balaban J connectivity index is 1.90. The molecule has 1 amide bonds. The molecule has 6 nitrogen and oxygen atoms in total. The average Bonchev–Trinajstić information content (AvgIpc) is 2.70. The summed E-state index contributed by atoms with van der Waals surface area (Å²) < 4.78 is 5.93. The molecule has 0 spiro atoms. The van der Waals surface area contributed by atoms with E-state index in [0.29, 0.717) is 24.4 Å². The van der Waals surface area contributed by atoms with E-state index < -0.39 is 11.9 Å². The van der Waals surface area contributed by atoms with Crippen LogP contribution in [0.2, 0.25) is 0 Å². The molecule has 0 saturated heterocycles. The van der Waals surface area contributed by atoms with Gasteiger partial charge in [0.2, 0.25) is 0 Å². The zero-order valence-corrected chi connectivity index (χ0v) is 17.0. The number of nitrogens with one attached hydrogen (secondary N) is 2. The minimum Gasteiger partial charge on any atom is -0.462 e. The summed E-state index contributed by atoms with van der Waals surface area (Å²) in [5.41, 5.74) is 1.96. The zero-order valence-electron chi connectivity index (χ0n) is 15.4. The van der Waals surface area contributed by atoms with Crippen molar-refractivity contribution in [2.75, 3.05) is 18.5 Å². The van der Waals surface area contributed by atoms with Gasteiger partial charge in [-0.15, -0.1) is 0 Å². The molecule has 2 N–H and O–H groups in total. The number of carbonyl (C=O) groups excluding carboxylic acids is 2. The summed E-state index contributed by atoms with van der Waals surface area (Å²) in [7, 11) is 0. The van der Waals surface area contributed by atoms with Crippen LogP contribution in [0.25, 0.3) is 0 Å². The highest BCUT2D eigenvalue weighted by atomic mass is 79.9. The van der Waals surface area contributed by atoms with Gasteiger partial charge in [-0.25, -0.2) is 4.79 Å². The van der Waals surface area contributed by atoms with Crippen LogP contribution in [0.4, 0.5) is 5.69 Å². The first kappa shape index (κ1) is 21.2. The van der Waals surface area contributed by atoms with Gasteiger partial charge in [-0.3, -0.25) is 4.79 Å². The molecular weight excluding hydrogens is 422 g/mol. The lowest BCUT2D eigenvalue weighted by Crippen LogP contribution is -2.18. The highest BCUT2D eigenvalue weighted by Gasteiger charge is 2.10. The molecule has 28 heavy (non-hydrogen) atoms. The first-order valence-corrected chi connectivity index (χ1v) is 9.50. The van der Waals surface area contributed by atoms with Crippen LogP contribution in [-0.2, 0) is 16.0 Å². The molecule has 0 aromatic heterocycles. The maximum Gasteiger partial charge on any atom is 0.338 e. The highest BCUT2D eigenvalue weighted by Crippen LogP contribution is 2.16. The monoisotopic (exact) mass is 441 g/mol. The lowest BCUT2D eigenvalue weighted by Gasteiger charge is -2.07. The fraction of sp³-hybridized carbons (Fsp3) is 0.190. The first-order chi connectivity index (χ1) is 13.5. The van der Waals surface area contributed by atoms with E-state index in [2.05, 4.69) is 26.6 Å². The van der Waals surface area contributed by atoms with Crippen LogP contribution in [0.3, 0.4) is 0 Å². The van der Waals surface area contributed by atoms with Crippen LogP contribution in [0.1, 0.15) is 22.8 Å². The van der Waals surface area contributed by atoms with Crippen molar-refractivity contribution < 1.29 is 14.3 Å². The number of anilines is 1. The van der Waals surface area contributed by atoms with E-state index >= 15 is 0 Å². The second-order valence-corrected chi connectivity index (χ2v) is 6.57. The standard InChI is InChI=1S/C21H20BrN3O3/c1-2-28-21(27)16-7-9-18(10-8-16)25-20(26)17(13-23)14-24-12-11-15-5-3-4-6-19(15)22/h3-10,14,24H,2,11-12H2,1H3,(H,25,26)/b17-14-. The third kappa shape index (κ3) is 6.25. The van der Waals surface area contributed by atoms with Crippen molar-refractivity contribution in [2.45, 2.75) is 13.3 Å². The summed E-state index contributed by atoms with van der Waals surface area (Å²) in [5, 5.41) is 14.8. The molecule has 0 unspecified atom stereocenters. The number of halogens is 1. The van der Waals surface area contributed by atoms with Crippen molar-refractivity contribution in [2.24, 2.45) is 0 Å². The zero-order chi connectivity index (χ0) is 20.4. The van der Waals surface area contributed by atoms with E-state index in [1.165, 1.54) is 6.20 Å². The van der Waals surface area contributed by atoms with Gasteiger partial charge in [-0.1, -0.05) is 34.1 Å². The molecule has 144 valence electrons. The minimum atomic E-state index is -0.528. The molecular formula is C21H20BrN3O3. The quantitative estimate of drug-likeness (QED) is 0.281. The number of hydrogen-bond donors (Lipinski definition) is 2. The fourth-order valence-corrected chi connectivity index (χ4v) is 2.82. The van der Waals surface area contributed by atoms with Crippen LogP contribution >= 0.6 is 15.9 Å². The molecule has 0 fully saturated rings. The number of ether oxygens (including phenoxy) is 1. The smallest absolute Gasteiger partial charge is 0.338 e. The van der Waals surface area contributed by atoms with Gasteiger partial charge in [0, 0.05) is 22.9 Å². The number of nitriles is 1. The lowest BCUT2D eigenvalue weighted by atomic mass is 10.1. The van der Waals surface area contributed by atoms with Crippen LogP contribution in [-0.4, -0.2) is 25.0 Å². The third-order valence-corrected chi connectivity index (χ3v) is 4.54. The van der Waals surface area contributed by atoms with Gasteiger partial charge < -0.3 is 15.4 Å². The van der Waals surface area contributed by atoms with Crippen LogP contribution in [0.5, 0.6) is 0 Å². The Labute approximate surface area is 172 Å². The number of rotatable bonds is 8. The van der Waals surface area contributed by atoms with Crippen molar-refractivity contribution in [1.29, 1.82) is 5.26 Å². The van der Waals surface area contributed by atoms with Crippen LogP contribution < -0.4 is 10.6 Å². The minimum absolute atomic E-state index is 0.0402. The van der Waals surface area contributed by atoms with Gasteiger partial charge in [0.25, 0.3) is 5.91 Å². The Kier molecular flexibility index (Phi) is 8.25. The number of nitrogens with zero attached hydrogens (tertiary/aromatic N) is 1. The Morgan fingerprint density at radius 3 is 2.54 bits per heavy atom. The predicted octanol–water partition coefficient (Wildman–Crippen LogP) is 3.80. The summed E-state index contributed by atoms with van der Waals surface area (Å²) in [5.74, 6) is -0.952. The maximum absolute atomic E-state index is 12.2. The van der Waals surface area contributed by atoms with E-state index in [9.17, 15) is 14.9 Å². The highest BCUT2D eigenvalue weighted by molar-refractivity contribution is 9.10. The number of carbonyl (C=O) groups is 2. The molecule has 0 radical (unpaired) electrons. The maximum atomic E-state index is 12.2. The van der Waals surface area contributed by atoms with Gasteiger partial charge in [0.05, 0.1) is 12.2 Å². The second kappa shape index (κ2) is 10.9. The largest absolute Gasteiger partial charge is 0.462 e. The SMILES string of the molecule is CCOC(=O)c1ccc(NC(=O)/C(C#N)=C\NCCc2ccccc2Br)cc1. The average molecular weight is 442 g/mol. The van der Waals surface area contributed by atoms with Gasteiger partial charge in [0.15, 0.2) is 0 Å². The predicted molar refractivity (Wildman–Crippen MR) is 111 cm³/mol. The lowest BCUT2D eigenvalue weighted by molar-refractivity contribution is -0.112. The molecule has 0 aliphatic heterocycles. The third-order valence-electron chi connectivity index (χ3n) is 3.76. The number of benzene rings is 2. The van der Waals surface area contributed by atoms with Crippen molar-refractivity contribution in [3.8, 4) is 6.07 Å². The van der Waals surface area contributed by atoms with Crippen molar-refractivity contribution >= 4 is 33.5 Å². The molecule has 7 heteroatoms. The molecule has 2 aromatic carbocycles. The van der Waals surface area contributed by atoms with E-state index in [4.69, 9.17) is 4.74 Å². The Morgan fingerprint density at radius 1 is 1.18 bits per heavy atom. The van der Waals surface area contributed by atoms with E-state index in [0.717, 1.165) is 16.5 Å². The van der Waals surface area contributed by atoms with Crippen molar-refractivity contribution in [1.82, 2.24) is 5.32 Å². The molecule has 2 rings (SSSR count). The number of amides is 1. The van der Waals surface area contributed by atoms with E-state index in [1.807, 2.05) is 30.3 Å². The molecule has 0 saturated carbocycles. The summed E-state index contributed by atoms with van der Waals surface area (Å²) in [6, 6.07) is 16.0. The Hall–Kier alpha value is -3.11. The number of hydrogen-bond acceptors (Lipinski definition) is 5. The number of esters is 1. The normalized spacial score (nSPS) is 10.7. The van der Waals surface area contributed by atoms with Crippen LogP contribution in [0.15, 0.2) is 64.8 Å². The van der Waals surface area contributed by atoms with Gasteiger partial charge in [0.1, 0.15) is 11.6 Å². The first-order valence-electron chi connectivity index (χ1n) is 8.70. The Bertz CT molecular complexity index is 902. The fourth-order valence-electron chi connectivity index (χ4n) is 2.33. The molecule has 0 heterocycles. The topological polar surface area (TPSA) is 91.2 Å². The summed E-state index contributed by atoms with van der Waals surface area (Å²) in [6.07, 6.45) is 2.15. The summed E-state index contributed by atoms with van der Waals surface area (Å²) >= 11 is 3.49. The van der Waals surface area contributed by atoms with E-state index in [-0.39, 0.29) is 5.57 Å². The second-order valence-electron chi connectivity index (χ2n) is 5.72.